The van der Waals surface area contributed by atoms with Crippen LogP contribution in [0, 0.1) is 0 Å². The Hall–Kier alpha value is -0.870. The smallest absolute Gasteiger partial charge is 0.220 e. The minimum atomic E-state index is -0.830. The first-order valence-corrected chi connectivity index (χ1v) is 19.9. The lowest BCUT2D eigenvalue weighted by Crippen LogP contribution is -2.45. The Labute approximate surface area is 276 Å². The van der Waals surface area contributed by atoms with Crippen molar-refractivity contribution in [2.45, 2.75) is 231 Å². The Kier molecular flexibility index (Phi) is 35.9. The van der Waals surface area contributed by atoms with Crippen molar-refractivity contribution < 1.29 is 15.0 Å². The van der Waals surface area contributed by atoms with Gasteiger partial charge in [0.15, 0.2) is 0 Å². The summed E-state index contributed by atoms with van der Waals surface area (Å²) in [6, 6.07) is -0.613. The number of carbonyl (C=O) groups excluding carboxylic acids is 1. The van der Waals surface area contributed by atoms with E-state index in [9.17, 15) is 15.0 Å². The molecule has 0 aliphatic heterocycles. The molecule has 0 radical (unpaired) electrons. The number of carbonyl (C=O) groups is 1. The Morgan fingerprint density at radius 2 is 0.841 bits per heavy atom. The third-order valence-corrected chi connectivity index (χ3v) is 9.27. The first-order valence-electron chi connectivity index (χ1n) is 19.9. The molecule has 0 aromatic carbocycles. The molecule has 0 spiro atoms. The molecule has 0 bridgehead atoms. The van der Waals surface area contributed by atoms with Crippen molar-refractivity contribution in [3.63, 3.8) is 0 Å². The number of allylic oxidation sites excluding steroid dienone is 1. The second kappa shape index (κ2) is 36.6. The largest absolute Gasteiger partial charge is 0.394 e. The van der Waals surface area contributed by atoms with E-state index >= 15 is 0 Å². The average Bonchev–Trinajstić information content (AvgIpc) is 3.03. The number of nitrogens with one attached hydrogen (secondary N) is 1. The van der Waals surface area contributed by atoms with Gasteiger partial charge in [0.25, 0.3) is 0 Å². The van der Waals surface area contributed by atoms with E-state index in [0.717, 1.165) is 32.1 Å². The minimum Gasteiger partial charge on any atom is -0.394 e. The highest BCUT2D eigenvalue weighted by atomic mass is 16.3. The number of rotatable bonds is 36. The summed E-state index contributed by atoms with van der Waals surface area (Å²) < 4.78 is 0. The van der Waals surface area contributed by atoms with Crippen LogP contribution in [0.3, 0.4) is 0 Å². The summed E-state index contributed by atoms with van der Waals surface area (Å²) in [4.78, 5) is 12.1. The van der Waals surface area contributed by atoms with Crippen molar-refractivity contribution in [1.29, 1.82) is 0 Å². The van der Waals surface area contributed by atoms with E-state index in [4.69, 9.17) is 0 Å². The fourth-order valence-corrected chi connectivity index (χ4v) is 6.18. The molecule has 1 amide bonds. The first-order chi connectivity index (χ1) is 21.7. The van der Waals surface area contributed by atoms with Crippen molar-refractivity contribution in [3.8, 4) is 0 Å². The highest BCUT2D eigenvalue weighted by Crippen LogP contribution is 2.16. The fraction of sp³-hybridized carbons (Fsp3) is 0.925. The summed E-state index contributed by atoms with van der Waals surface area (Å²) in [5, 5.41) is 22.7. The van der Waals surface area contributed by atoms with Crippen LogP contribution in [0.4, 0.5) is 0 Å². The standard InChI is InChI=1S/C40H79NO3/c1-3-5-7-9-10-11-12-13-14-15-16-17-18-19-20-21-22-23-24-25-26-27-28-29-30-32-33-35-39(43)38(37-42)41-40(44)36-34-31-8-6-4-2/h33,35,38-39,42-43H,3-32,34,36-37H2,1-2H3,(H,41,44)/b35-33+. The molecular formula is C40H79NO3. The molecule has 2 atom stereocenters. The van der Waals surface area contributed by atoms with Crippen LogP contribution in [0.2, 0.25) is 0 Å². The van der Waals surface area contributed by atoms with E-state index in [1.165, 1.54) is 167 Å². The van der Waals surface area contributed by atoms with Gasteiger partial charge < -0.3 is 15.5 Å². The molecule has 4 nitrogen and oxygen atoms in total. The zero-order chi connectivity index (χ0) is 32.2. The Balaban J connectivity index is 3.39. The van der Waals surface area contributed by atoms with Crippen molar-refractivity contribution in [2.75, 3.05) is 6.61 Å². The maximum atomic E-state index is 12.1. The summed E-state index contributed by atoms with van der Waals surface area (Å²) in [5.41, 5.74) is 0. The molecule has 3 N–H and O–H groups in total. The molecule has 0 fully saturated rings. The van der Waals surface area contributed by atoms with Gasteiger partial charge in [-0.15, -0.1) is 0 Å². The monoisotopic (exact) mass is 622 g/mol. The predicted molar refractivity (Wildman–Crippen MR) is 193 cm³/mol. The van der Waals surface area contributed by atoms with E-state index in [1.54, 1.807) is 6.08 Å². The van der Waals surface area contributed by atoms with E-state index < -0.39 is 12.1 Å². The molecule has 0 saturated heterocycles. The second-order valence-electron chi connectivity index (χ2n) is 13.7. The molecule has 0 saturated carbocycles. The van der Waals surface area contributed by atoms with Crippen LogP contribution in [0.15, 0.2) is 12.2 Å². The Morgan fingerprint density at radius 1 is 0.523 bits per heavy atom. The molecule has 0 aliphatic carbocycles. The number of aliphatic hydroxyl groups is 2. The molecule has 4 heteroatoms. The van der Waals surface area contributed by atoms with Gasteiger partial charge >= 0.3 is 0 Å². The number of hydrogen-bond donors (Lipinski definition) is 3. The van der Waals surface area contributed by atoms with Gasteiger partial charge in [-0.25, -0.2) is 0 Å². The average molecular weight is 622 g/mol. The maximum Gasteiger partial charge on any atom is 0.220 e. The maximum absolute atomic E-state index is 12.1. The molecule has 44 heavy (non-hydrogen) atoms. The van der Waals surface area contributed by atoms with Crippen LogP contribution in [-0.2, 0) is 4.79 Å². The molecule has 0 aromatic heterocycles. The zero-order valence-electron chi connectivity index (χ0n) is 29.9. The van der Waals surface area contributed by atoms with Gasteiger partial charge in [0.1, 0.15) is 0 Å². The number of hydrogen-bond acceptors (Lipinski definition) is 3. The molecule has 2 unspecified atom stereocenters. The quantitative estimate of drug-likeness (QED) is 0.0481. The van der Waals surface area contributed by atoms with Crippen LogP contribution in [-0.4, -0.2) is 34.9 Å². The van der Waals surface area contributed by atoms with Gasteiger partial charge in [-0.1, -0.05) is 206 Å². The van der Waals surface area contributed by atoms with Crippen LogP contribution in [0.1, 0.15) is 219 Å². The predicted octanol–water partition coefficient (Wildman–Crippen LogP) is 11.9. The number of unbranched alkanes of at least 4 members (excludes halogenated alkanes) is 29. The molecule has 0 heterocycles. The molecule has 262 valence electrons. The molecule has 0 aromatic rings. The topological polar surface area (TPSA) is 69.6 Å². The normalized spacial score (nSPS) is 13.1. The Bertz CT molecular complexity index is 593. The lowest BCUT2D eigenvalue weighted by atomic mass is 10.0. The minimum absolute atomic E-state index is 0.0757. The lowest BCUT2D eigenvalue weighted by molar-refractivity contribution is -0.123. The van der Waals surface area contributed by atoms with Gasteiger partial charge in [0, 0.05) is 6.42 Å². The third kappa shape index (κ3) is 32.5. The summed E-state index contributed by atoms with van der Waals surface area (Å²) in [5.74, 6) is -0.0757. The van der Waals surface area contributed by atoms with Crippen molar-refractivity contribution in [1.82, 2.24) is 5.32 Å². The van der Waals surface area contributed by atoms with Gasteiger partial charge in [0.2, 0.25) is 5.91 Å². The van der Waals surface area contributed by atoms with Crippen LogP contribution >= 0.6 is 0 Å². The summed E-state index contributed by atoms with van der Waals surface area (Å²) >= 11 is 0. The zero-order valence-corrected chi connectivity index (χ0v) is 29.9. The van der Waals surface area contributed by atoms with Crippen LogP contribution in [0.25, 0.3) is 0 Å². The van der Waals surface area contributed by atoms with E-state index in [0.29, 0.717) is 6.42 Å². The van der Waals surface area contributed by atoms with E-state index in [2.05, 4.69) is 19.2 Å². The van der Waals surface area contributed by atoms with Gasteiger partial charge in [0.05, 0.1) is 18.8 Å². The number of amides is 1. The van der Waals surface area contributed by atoms with E-state index in [-0.39, 0.29) is 12.5 Å². The third-order valence-electron chi connectivity index (χ3n) is 9.27. The van der Waals surface area contributed by atoms with Crippen LogP contribution in [0.5, 0.6) is 0 Å². The van der Waals surface area contributed by atoms with Gasteiger partial charge in [-0.05, 0) is 19.3 Å². The SMILES string of the molecule is CCCCCCCCCCCCCCCCCCCCCCCCCCC/C=C/C(O)C(CO)NC(=O)CCCCCCC. The van der Waals surface area contributed by atoms with Gasteiger partial charge in [-0.2, -0.15) is 0 Å². The summed E-state index contributed by atoms with van der Waals surface area (Å²) in [6.07, 6.45) is 45.0. The van der Waals surface area contributed by atoms with Crippen LogP contribution < -0.4 is 5.32 Å². The number of aliphatic hydroxyl groups excluding tert-OH is 2. The van der Waals surface area contributed by atoms with Crippen molar-refractivity contribution in [3.05, 3.63) is 12.2 Å². The lowest BCUT2D eigenvalue weighted by Gasteiger charge is -2.20. The highest BCUT2D eigenvalue weighted by molar-refractivity contribution is 5.76. The van der Waals surface area contributed by atoms with Crippen molar-refractivity contribution >= 4 is 5.91 Å². The molecule has 0 aliphatic rings. The second-order valence-corrected chi connectivity index (χ2v) is 13.7. The first kappa shape index (κ1) is 43.1. The van der Waals surface area contributed by atoms with E-state index in [1.807, 2.05) is 6.08 Å². The highest BCUT2D eigenvalue weighted by Gasteiger charge is 2.17. The Morgan fingerprint density at radius 3 is 1.18 bits per heavy atom. The summed E-state index contributed by atoms with van der Waals surface area (Å²) in [7, 11) is 0. The summed E-state index contributed by atoms with van der Waals surface area (Å²) in [6.45, 7) is 4.23. The fourth-order valence-electron chi connectivity index (χ4n) is 6.18. The molecular weight excluding hydrogens is 542 g/mol. The van der Waals surface area contributed by atoms with Crippen molar-refractivity contribution in [2.24, 2.45) is 0 Å². The molecule has 0 rings (SSSR count). The van der Waals surface area contributed by atoms with Gasteiger partial charge in [-0.3, -0.25) is 4.79 Å².